The van der Waals surface area contributed by atoms with Crippen LogP contribution in [0.3, 0.4) is 0 Å². The van der Waals surface area contributed by atoms with Gasteiger partial charge in [-0.05, 0) is 18.2 Å². The molecule has 0 fully saturated rings. The van der Waals surface area contributed by atoms with Crippen LogP contribution in [0.15, 0.2) is 41.1 Å². The standard InChI is InChI=1S/C10H8BrN3O2/c11-9-3-2-8(10(6-9)14(15)16)7-13-5-1-4-12-13/h1-6H,7H2. The van der Waals surface area contributed by atoms with Crippen LogP contribution in [0.5, 0.6) is 0 Å². The third kappa shape index (κ3) is 2.27. The first kappa shape index (κ1) is 10.8. The summed E-state index contributed by atoms with van der Waals surface area (Å²) in [4.78, 5) is 10.5. The summed E-state index contributed by atoms with van der Waals surface area (Å²) >= 11 is 3.22. The number of benzene rings is 1. The van der Waals surface area contributed by atoms with Crippen molar-refractivity contribution in [2.45, 2.75) is 6.54 Å². The second kappa shape index (κ2) is 4.44. The zero-order chi connectivity index (χ0) is 11.5. The van der Waals surface area contributed by atoms with Crippen molar-refractivity contribution in [1.82, 2.24) is 9.78 Å². The van der Waals surface area contributed by atoms with Crippen LogP contribution in [-0.2, 0) is 6.54 Å². The lowest BCUT2D eigenvalue weighted by Crippen LogP contribution is -2.03. The van der Waals surface area contributed by atoms with Crippen LogP contribution in [0, 0.1) is 10.1 Å². The fourth-order valence-corrected chi connectivity index (χ4v) is 1.76. The molecule has 0 amide bonds. The molecule has 2 rings (SSSR count). The lowest BCUT2D eigenvalue weighted by molar-refractivity contribution is -0.385. The zero-order valence-electron chi connectivity index (χ0n) is 8.21. The summed E-state index contributed by atoms with van der Waals surface area (Å²) in [5, 5.41) is 14.9. The van der Waals surface area contributed by atoms with Gasteiger partial charge in [-0.2, -0.15) is 5.10 Å². The average molecular weight is 282 g/mol. The number of nitro benzene ring substituents is 1. The Hall–Kier alpha value is -1.69. The van der Waals surface area contributed by atoms with E-state index < -0.39 is 0 Å². The molecule has 6 heteroatoms. The first-order valence-electron chi connectivity index (χ1n) is 4.57. The van der Waals surface area contributed by atoms with Gasteiger partial charge in [0, 0.05) is 22.9 Å². The van der Waals surface area contributed by atoms with Crippen LogP contribution in [-0.4, -0.2) is 14.7 Å². The molecule has 0 aliphatic rings. The Balaban J connectivity index is 2.36. The third-order valence-corrected chi connectivity index (χ3v) is 2.63. The maximum atomic E-state index is 10.9. The third-order valence-electron chi connectivity index (χ3n) is 2.14. The normalized spacial score (nSPS) is 10.3. The van der Waals surface area contributed by atoms with E-state index in [2.05, 4.69) is 21.0 Å². The molecule has 0 aliphatic heterocycles. The van der Waals surface area contributed by atoms with E-state index in [9.17, 15) is 10.1 Å². The number of rotatable bonds is 3. The number of hydrogen-bond acceptors (Lipinski definition) is 3. The molecule has 2 aromatic rings. The van der Waals surface area contributed by atoms with Crippen molar-refractivity contribution < 1.29 is 4.92 Å². The summed E-state index contributed by atoms with van der Waals surface area (Å²) in [5.41, 5.74) is 0.738. The largest absolute Gasteiger partial charge is 0.275 e. The van der Waals surface area contributed by atoms with Gasteiger partial charge < -0.3 is 0 Å². The van der Waals surface area contributed by atoms with Gasteiger partial charge in [0.25, 0.3) is 5.69 Å². The fraction of sp³-hybridized carbons (Fsp3) is 0.100. The van der Waals surface area contributed by atoms with Gasteiger partial charge in [-0.25, -0.2) is 0 Å². The van der Waals surface area contributed by atoms with Crippen LogP contribution in [0.1, 0.15) is 5.56 Å². The van der Waals surface area contributed by atoms with Gasteiger partial charge in [0.2, 0.25) is 0 Å². The van der Waals surface area contributed by atoms with Crippen LogP contribution in [0.4, 0.5) is 5.69 Å². The molecule has 0 radical (unpaired) electrons. The summed E-state index contributed by atoms with van der Waals surface area (Å²) in [7, 11) is 0. The molecule has 82 valence electrons. The molecular formula is C10H8BrN3O2. The Morgan fingerprint density at radius 1 is 1.50 bits per heavy atom. The van der Waals surface area contributed by atoms with E-state index in [-0.39, 0.29) is 10.6 Å². The van der Waals surface area contributed by atoms with Crippen molar-refractivity contribution in [2.75, 3.05) is 0 Å². The van der Waals surface area contributed by atoms with E-state index in [0.717, 1.165) is 0 Å². The first-order chi connectivity index (χ1) is 7.66. The Labute approximate surface area is 100.0 Å². The Bertz CT molecular complexity index is 511. The Morgan fingerprint density at radius 3 is 2.94 bits per heavy atom. The highest BCUT2D eigenvalue weighted by atomic mass is 79.9. The quantitative estimate of drug-likeness (QED) is 0.642. The van der Waals surface area contributed by atoms with E-state index in [0.29, 0.717) is 16.6 Å². The molecule has 16 heavy (non-hydrogen) atoms. The summed E-state index contributed by atoms with van der Waals surface area (Å²) in [6, 6.07) is 6.79. The zero-order valence-corrected chi connectivity index (χ0v) is 9.79. The number of aromatic nitrogens is 2. The summed E-state index contributed by atoms with van der Waals surface area (Å²) in [5.74, 6) is 0. The van der Waals surface area contributed by atoms with E-state index in [1.54, 1.807) is 35.3 Å². The minimum absolute atomic E-state index is 0.102. The number of hydrogen-bond donors (Lipinski definition) is 0. The molecule has 0 saturated heterocycles. The van der Waals surface area contributed by atoms with Crippen molar-refractivity contribution in [3.05, 3.63) is 56.8 Å². The van der Waals surface area contributed by atoms with Crippen LogP contribution in [0.25, 0.3) is 0 Å². The maximum Gasteiger partial charge on any atom is 0.275 e. The highest BCUT2D eigenvalue weighted by Gasteiger charge is 2.14. The predicted octanol–water partition coefficient (Wildman–Crippen LogP) is 2.60. The monoisotopic (exact) mass is 281 g/mol. The lowest BCUT2D eigenvalue weighted by atomic mass is 10.2. The summed E-state index contributed by atoms with van der Waals surface area (Å²) in [6.45, 7) is 0.399. The second-order valence-corrected chi connectivity index (χ2v) is 4.15. The predicted molar refractivity (Wildman–Crippen MR) is 62.1 cm³/mol. The topological polar surface area (TPSA) is 61.0 Å². The molecule has 1 aromatic carbocycles. The summed E-state index contributed by atoms with van der Waals surface area (Å²) in [6.07, 6.45) is 3.41. The van der Waals surface area contributed by atoms with Gasteiger partial charge in [-0.3, -0.25) is 14.8 Å². The minimum atomic E-state index is -0.385. The smallest absolute Gasteiger partial charge is 0.268 e. The molecule has 1 heterocycles. The van der Waals surface area contributed by atoms with Gasteiger partial charge in [-0.1, -0.05) is 15.9 Å². The summed E-state index contributed by atoms with van der Waals surface area (Å²) < 4.78 is 2.35. The van der Waals surface area contributed by atoms with Crippen molar-refractivity contribution in [2.24, 2.45) is 0 Å². The molecule has 0 spiro atoms. The van der Waals surface area contributed by atoms with Crippen molar-refractivity contribution >= 4 is 21.6 Å². The highest BCUT2D eigenvalue weighted by Crippen LogP contribution is 2.23. The van der Waals surface area contributed by atoms with Gasteiger partial charge in [0.05, 0.1) is 17.0 Å². The van der Waals surface area contributed by atoms with Gasteiger partial charge in [-0.15, -0.1) is 0 Å². The second-order valence-electron chi connectivity index (χ2n) is 3.23. The molecule has 0 N–H and O–H groups in total. The van der Waals surface area contributed by atoms with Crippen LogP contribution >= 0.6 is 15.9 Å². The minimum Gasteiger partial charge on any atom is -0.268 e. The molecule has 0 aliphatic carbocycles. The maximum absolute atomic E-state index is 10.9. The lowest BCUT2D eigenvalue weighted by Gasteiger charge is -2.03. The van der Waals surface area contributed by atoms with E-state index in [1.807, 2.05) is 0 Å². The highest BCUT2D eigenvalue weighted by molar-refractivity contribution is 9.10. The van der Waals surface area contributed by atoms with E-state index in [4.69, 9.17) is 0 Å². The van der Waals surface area contributed by atoms with E-state index in [1.165, 1.54) is 6.07 Å². The van der Waals surface area contributed by atoms with Gasteiger partial charge >= 0.3 is 0 Å². The van der Waals surface area contributed by atoms with Crippen molar-refractivity contribution in [3.63, 3.8) is 0 Å². The molecule has 0 saturated carbocycles. The molecule has 0 unspecified atom stereocenters. The van der Waals surface area contributed by atoms with Crippen molar-refractivity contribution in [3.8, 4) is 0 Å². The van der Waals surface area contributed by atoms with Crippen LogP contribution in [0.2, 0.25) is 0 Å². The number of nitrogens with zero attached hydrogens (tertiary/aromatic N) is 3. The SMILES string of the molecule is O=[N+]([O-])c1cc(Br)ccc1Cn1cccn1. The molecule has 0 atom stereocenters. The molecule has 0 bridgehead atoms. The Morgan fingerprint density at radius 2 is 2.31 bits per heavy atom. The van der Waals surface area contributed by atoms with Crippen LogP contribution < -0.4 is 0 Å². The number of halogens is 1. The van der Waals surface area contributed by atoms with Gasteiger partial charge in [0.15, 0.2) is 0 Å². The first-order valence-corrected chi connectivity index (χ1v) is 5.36. The molecule has 5 nitrogen and oxygen atoms in total. The van der Waals surface area contributed by atoms with Gasteiger partial charge in [0.1, 0.15) is 0 Å². The molecule has 1 aromatic heterocycles. The van der Waals surface area contributed by atoms with E-state index >= 15 is 0 Å². The molecular weight excluding hydrogens is 274 g/mol. The van der Waals surface area contributed by atoms with Crippen molar-refractivity contribution in [1.29, 1.82) is 0 Å². The number of nitro groups is 1. The fourth-order valence-electron chi connectivity index (χ4n) is 1.41. The average Bonchev–Trinajstić information content (AvgIpc) is 2.73. The Kier molecular flexibility index (Phi) is 3.00.